The van der Waals surface area contributed by atoms with Gasteiger partial charge in [0.25, 0.3) is 5.91 Å². The Balaban J connectivity index is 0.00000225. The Morgan fingerprint density at radius 3 is 2.80 bits per heavy atom. The van der Waals surface area contributed by atoms with Gasteiger partial charge in [-0.25, -0.2) is 4.79 Å². The molecule has 0 aliphatic carbocycles. The van der Waals surface area contributed by atoms with Gasteiger partial charge in [-0.15, -0.1) is 12.4 Å². The predicted octanol–water partition coefficient (Wildman–Crippen LogP) is 2.41. The molecule has 2 aliphatic heterocycles. The second-order valence-corrected chi connectivity index (χ2v) is 6.32. The van der Waals surface area contributed by atoms with Gasteiger partial charge in [0.15, 0.2) is 0 Å². The van der Waals surface area contributed by atoms with Crippen molar-refractivity contribution in [3.63, 3.8) is 0 Å². The first kappa shape index (κ1) is 19.5. The summed E-state index contributed by atoms with van der Waals surface area (Å²) in [6.07, 6.45) is 3.53. The molecule has 1 aromatic carbocycles. The number of nitrogens with one attached hydrogen (secondary N) is 1. The zero-order valence-corrected chi connectivity index (χ0v) is 15.4. The topological polar surface area (TPSA) is 61.9 Å². The van der Waals surface area contributed by atoms with Crippen molar-refractivity contribution in [2.75, 3.05) is 26.7 Å². The number of rotatable bonds is 8. The van der Waals surface area contributed by atoms with E-state index in [-0.39, 0.29) is 30.4 Å². The van der Waals surface area contributed by atoms with Crippen LogP contribution >= 0.6 is 12.4 Å². The Morgan fingerprint density at radius 2 is 2.04 bits per heavy atom. The van der Waals surface area contributed by atoms with Crippen LogP contribution in [0.25, 0.3) is 0 Å². The molecule has 1 aromatic rings. The number of methoxy groups -OCH3 is 1. The molecule has 0 bridgehead atoms. The molecule has 3 rings (SSSR count). The van der Waals surface area contributed by atoms with E-state index < -0.39 is 0 Å². The fraction of sp³-hybridized carbons (Fsp3) is 0.556. The van der Waals surface area contributed by atoms with Crippen LogP contribution in [0.15, 0.2) is 24.3 Å². The lowest BCUT2D eigenvalue weighted by Gasteiger charge is -2.15. The van der Waals surface area contributed by atoms with Crippen molar-refractivity contribution in [2.45, 2.75) is 38.3 Å². The zero-order chi connectivity index (χ0) is 16.9. The second-order valence-electron chi connectivity index (χ2n) is 6.32. The number of para-hydroxylation sites is 1. The molecule has 1 atom stereocenters. The van der Waals surface area contributed by atoms with Crippen LogP contribution in [-0.2, 0) is 11.3 Å². The van der Waals surface area contributed by atoms with E-state index in [1.807, 2.05) is 24.3 Å². The lowest BCUT2D eigenvalue weighted by atomic mass is 10.2. The number of carbonyl (C=O) groups is 2. The Morgan fingerprint density at radius 1 is 1.24 bits per heavy atom. The number of unbranched alkanes of at least 4 members (excludes halogenated alkanes) is 1. The summed E-state index contributed by atoms with van der Waals surface area (Å²) in [5, 5.41) is 3.39. The number of urea groups is 1. The van der Waals surface area contributed by atoms with Gasteiger partial charge < -0.3 is 15.0 Å². The molecule has 2 saturated heterocycles. The molecule has 138 valence electrons. The van der Waals surface area contributed by atoms with E-state index in [0.29, 0.717) is 6.54 Å². The number of hydrogen-bond donors (Lipinski definition) is 1. The van der Waals surface area contributed by atoms with Crippen molar-refractivity contribution in [3.8, 4) is 5.75 Å². The summed E-state index contributed by atoms with van der Waals surface area (Å²) in [6, 6.07) is 7.67. The maximum atomic E-state index is 12.2. The predicted molar refractivity (Wildman–Crippen MR) is 98.0 cm³/mol. The van der Waals surface area contributed by atoms with Crippen molar-refractivity contribution in [1.29, 1.82) is 0 Å². The summed E-state index contributed by atoms with van der Waals surface area (Å²) in [7, 11) is 1.67. The quantitative estimate of drug-likeness (QED) is 0.566. The average Bonchev–Trinajstić information content (AvgIpc) is 3.17. The summed E-state index contributed by atoms with van der Waals surface area (Å²) in [5.74, 6) is 0.887. The van der Waals surface area contributed by atoms with Crippen LogP contribution in [0.1, 0.15) is 31.2 Å². The van der Waals surface area contributed by atoms with E-state index >= 15 is 0 Å². The number of fused-ring (bicyclic) bond motifs is 1. The minimum atomic E-state index is -0.179. The zero-order valence-electron chi connectivity index (χ0n) is 14.6. The van der Waals surface area contributed by atoms with Crippen LogP contribution < -0.4 is 10.1 Å². The molecule has 1 unspecified atom stereocenters. The Bertz CT molecular complexity index is 589. The number of amides is 3. The molecule has 6 nitrogen and oxygen atoms in total. The maximum absolute atomic E-state index is 12.2. The number of benzene rings is 1. The third-order valence-electron chi connectivity index (χ3n) is 4.77. The van der Waals surface area contributed by atoms with Crippen LogP contribution in [0.4, 0.5) is 4.79 Å². The standard InChI is InChI=1S/C18H25N3O3.ClH/c1-24-16-9-3-2-7-14(16)13-19-10-4-5-11-21-17(22)15-8-6-12-20(15)18(21)23;/h2-3,7,9,15,19H,4-6,8,10-13H2,1H3;1H. The molecule has 2 heterocycles. The molecule has 0 radical (unpaired) electrons. The largest absolute Gasteiger partial charge is 0.496 e. The van der Waals surface area contributed by atoms with Gasteiger partial charge in [0, 0.05) is 25.2 Å². The van der Waals surface area contributed by atoms with Gasteiger partial charge in [-0.3, -0.25) is 9.69 Å². The minimum Gasteiger partial charge on any atom is -0.496 e. The molecule has 25 heavy (non-hydrogen) atoms. The normalized spacial score (nSPS) is 19.2. The highest BCUT2D eigenvalue weighted by Crippen LogP contribution is 2.27. The van der Waals surface area contributed by atoms with E-state index in [9.17, 15) is 9.59 Å². The number of nitrogens with zero attached hydrogens (tertiary/aromatic N) is 2. The van der Waals surface area contributed by atoms with E-state index in [1.54, 1.807) is 12.0 Å². The molecule has 3 amide bonds. The number of carbonyl (C=O) groups excluding carboxylic acids is 2. The van der Waals surface area contributed by atoms with Crippen LogP contribution in [0.3, 0.4) is 0 Å². The molecule has 1 N–H and O–H groups in total. The molecule has 0 saturated carbocycles. The van der Waals surface area contributed by atoms with Gasteiger partial charge in [0.05, 0.1) is 7.11 Å². The molecular weight excluding hydrogens is 342 g/mol. The molecule has 2 aliphatic rings. The smallest absolute Gasteiger partial charge is 0.327 e. The fourth-order valence-electron chi connectivity index (χ4n) is 3.48. The first-order chi connectivity index (χ1) is 11.7. The number of ether oxygens (including phenoxy) is 1. The Kier molecular flexibility index (Phi) is 7.08. The molecular formula is C18H26ClN3O3. The SMILES string of the molecule is COc1ccccc1CNCCCCN1C(=O)C2CCCN2C1=O.Cl. The fourth-order valence-corrected chi connectivity index (χ4v) is 3.48. The van der Waals surface area contributed by atoms with Crippen molar-refractivity contribution in [2.24, 2.45) is 0 Å². The average molecular weight is 368 g/mol. The number of hydrogen-bond acceptors (Lipinski definition) is 4. The number of halogens is 1. The molecule has 0 spiro atoms. The summed E-state index contributed by atoms with van der Waals surface area (Å²) in [4.78, 5) is 27.5. The van der Waals surface area contributed by atoms with Crippen molar-refractivity contribution < 1.29 is 14.3 Å². The summed E-state index contributed by atoms with van der Waals surface area (Å²) in [5.41, 5.74) is 1.13. The highest BCUT2D eigenvalue weighted by atomic mass is 35.5. The first-order valence-electron chi connectivity index (χ1n) is 8.67. The molecule has 0 aromatic heterocycles. The van der Waals surface area contributed by atoms with Crippen molar-refractivity contribution in [3.05, 3.63) is 29.8 Å². The lowest BCUT2D eigenvalue weighted by Crippen LogP contribution is -2.34. The van der Waals surface area contributed by atoms with Gasteiger partial charge in [0.2, 0.25) is 0 Å². The van der Waals surface area contributed by atoms with Crippen molar-refractivity contribution in [1.82, 2.24) is 15.1 Å². The molecule has 7 heteroatoms. The summed E-state index contributed by atoms with van der Waals surface area (Å²) < 4.78 is 5.32. The third kappa shape index (κ3) is 4.25. The minimum absolute atomic E-state index is 0. The van der Waals surface area contributed by atoms with Crippen LogP contribution in [-0.4, -0.2) is 54.5 Å². The summed E-state index contributed by atoms with van der Waals surface area (Å²) in [6.45, 7) is 2.86. The highest BCUT2D eigenvalue weighted by Gasteiger charge is 2.46. The van der Waals surface area contributed by atoms with Gasteiger partial charge in [-0.05, 0) is 38.3 Å². The lowest BCUT2D eigenvalue weighted by molar-refractivity contribution is -0.128. The van der Waals surface area contributed by atoms with Crippen LogP contribution in [0.5, 0.6) is 5.75 Å². The second kappa shape index (κ2) is 9.06. The van der Waals surface area contributed by atoms with E-state index in [0.717, 1.165) is 56.6 Å². The van der Waals surface area contributed by atoms with Crippen LogP contribution in [0, 0.1) is 0 Å². The van der Waals surface area contributed by atoms with Gasteiger partial charge >= 0.3 is 6.03 Å². The first-order valence-corrected chi connectivity index (χ1v) is 8.67. The van der Waals surface area contributed by atoms with Gasteiger partial charge in [0.1, 0.15) is 11.8 Å². The summed E-state index contributed by atoms with van der Waals surface area (Å²) >= 11 is 0. The Labute approximate surface area is 154 Å². The van der Waals surface area contributed by atoms with Gasteiger partial charge in [-0.2, -0.15) is 0 Å². The third-order valence-corrected chi connectivity index (χ3v) is 4.77. The number of imide groups is 1. The van der Waals surface area contributed by atoms with E-state index in [2.05, 4.69) is 5.32 Å². The monoisotopic (exact) mass is 367 g/mol. The molecule has 2 fully saturated rings. The van der Waals surface area contributed by atoms with Crippen LogP contribution in [0.2, 0.25) is 0 Å². The van der Waals surface area contributed by atoms with Gasteiger partial charge in [-0.1, -0.05) is 18.2 Å². The van der Waals surface area contributed by atoms with E-state index in [1.165, 1.54) is 4.90 Å². The maximum Gasteiger partial charge on any atom is 0.327 e. The van der Waals surface area contributed by atoms with E-state index in [4.69, 9.17) is 4.74 Å². The highest BCUT2D eigenvalue weighted by molar-refractivity contribution is 6.04. The Hall–Kier alpha value is -1.79. The van der Waals surface area contributed by atoms with Crippen molar-refractivity contribution >= 4 is 24.3 Å².